The number of rotatable bonds is 11. The number of carbonyl (C=O) groups is 2. The van der Waals surface area contributed by atoms with E-state index in [2.05, 4.69) is 21.4 Å². The molecule has 2 aromatic rings. The van der Waals surface area contributed by atoms with E-state index in [4.69, 9.17) is 14.3 Å². The average Bonchev–Trinajstić information content (AvgIpc) is 3.53. The molecule has 1 unspecified atom stereocenters. The maximum Gasteiger partial charge on any atom is 0.242 e. The van der Waals surface area contributed by atoms with Gasteiger partial charge in [0.15, 0.2) is 0 Å². The van der Waals surface area contributed by atoms with E-state index >= 15 is 0 Å². The van der Waals surface area contributed by atoms with Gasteiger partial charge in [0.25, 0.3) is 0 Å². The molecule has 0 saturated carbocycles. The molecule has 0 radical (unpaired) electrons. The third-order valence-corrected chi connectivity index (χ3v) is 7.97. The number of aliphatic hydroxyl groups excluding tert-OH is 1. The van der Waals surface area contributed by atoms with Gasteiger partial charge >= 0.3 is 0 Å². The lowest BCUT2D eigenvalue weighted by Gasteiger charge is -2.29. The van der Waals surface area contributed by atoms with Crippen LogP contribution in [0.3, 0.4) is 0 Å². The van der Waals surface area contributed by atoms with Crippen LogP contribution in [0.1, 0.15) is 44.2 Å². The SMILES string of the molecule is CCC(C)[C@@H]1NC(=O)[C@@H](NC[C@@H](O)[C@H](Cc2ccccc2)NO[C@H]2CCOC2)Cc2ccc(cc2)OCCCNC1=O. The second kappa shape index (κ2) is 16.6. The number of aliphatic hydroxyl groups is 1. The van der Waals surface area contributed by atoms with Crippen LogP contribution in [0.15, 0.2) is 54.6 Å². The topological polar surface area (TPSA) is 130 Å². The zero-order valence-electron chi connectivity index (χ0n) is 24.7. The normalized spacial score (nSPS) is 24.0. The molecule has 5 rings (SSSR count). The van der Waals surface area contributed by atoms with E-state index in [9.17, 15) is 14.7 Å². The summed E-state index contributed by atoms with van der Waals surface area (Å²) in [5.74, 6) is 0.197. The average molecular weight is 583 g/mol. The maximum atomic E-state index is 13.7. The Hall–Kier alpha value is -3.02. The molecular weight excluding hydrogens is 536 g/mol. The third kappa shape index (κ3) is 9.78. The highest BCUT2D eigenvalue weighted by atomic mass is 16.7. The molecule has 2 aromatic carbocycles. The summed E-state index contributed by atoms with van der Waals surface area (Å²) in [6.45, 7) is 6.20. The minimum Gasteiger partial charge on any atom is -0.494 e. The third-order valence-electron chi connectivity index (χ3n) is 7.97. The predicted molar refractivity (Wildman–Crippen MR) is 160 cm³/mol. The smallest absolute Gasteiger partial charge is 0.242 e. The Labute approximate surface area is 248 Å². The summed E-state index contributed by atoms with van der Waals surface area (Å²) >= 11 is 0. The lowest BCUT2D eigenvalue weighted by molar-refractivity contribution is -0.131. The Morgan fingerprint density at radius 3 is 2.57 bits per heavy atom. The van der Waals surface area contributed by atoms with Crippen LogP contribution in [-0.4, -0.2) is 80.2 Å². The summed E-state index contributed by atoms with van der Waals surface area (Å²) in [7, 11) is 0. The molecule has 10 nitrogen and oxygen atoms in total. The molecule has 3 heterocycles. The van der Waals surface area contributed by atoms with Gasteiger partial charge in [0.1, 0.15) is 17.9 Å². The molecule has 1 fully saturated rings. The van der Waals surface area contributed by atoms with Gasteiger partial charge in [0.2, 0.25) is 11.8 Å². The first-order valence-corrected chi connectivity index (χ1v) is 15.2. The molecule has 6 atom stereocenters. The minimum absolute atomic E-state index is 0.0536. The van der Waals surface area contributed by atoms with Crippen molar-refractivity contribution >= 4 is 11.8 Å². The van der Waals surface area contributed by atoms with Crippen molar-refractivity contribution in [1.29, 1.82) is 0 Å². The van der Waals surface area contributed by atoms with Crippen LogP contribution in [0.25, 0.3) is 0 Å². The summed E-state index contributed by atoms with van der Waals surface area (Å²) in [6.07, 6.45) is 2.14. The van der Waals surface area contributed by atoms with Crippen LogP contribution in [0.4, 0.5) is 0 Å². The van der Waals surface area contributed by atoms with E-state index < -0.39 is 24.2 Å². The molecule has 0 spiro atoms. The molecule has 2 bridgehead atoms. The van der Waals surface area contributed by atoms with Crippen LogP contribution in [0.5, 0.6) is 5.75 Å². The lowest BCUT2D eigenvalue weighted by Crippen LogP contribution is -2.57. The van der Waals surface area contributed by atoms with Gasteiger partial charge in [-0.2, -0.15) is 5.48 Å². The van der Waals surface area contributed by atoms with E-state index in [1.54, 1.807) is 0 Å². The van der Waals surface area contributed by atoms with Crippen LogP contribution in [0.2, 0.25) is 0 Å². The molecule has 42 heavy (non-hydrogen) atoms. The van der Waals surface area contributed by atoms with E-state index in [-0.39, 0.29) is 30.4 Å². The summed E-state index contributed by atoms with van der Waals surface area (Å²) < 4.78 is 11.2. The van der Waals surface area contributed by atoms with Crippen molar-refractivity contribution < 1.29 is 29.0 Å². The van der Waals surface area contributed by atoms with Crippen molar-refractivity contribution in [3.63, 3.8) is 0 Å². The number of carbonyl (C=O) groups excluding carboxylic acids is 2. The molecule has 5 N–H and O–H groups in total. The second-order valence-corrected chi connectivity index (χ2v) is 11.3. The highest BCUT2D eigenvalue weighted by Crippen LogP contribution is 2.16. The number of amides is 2. The minimum atomic E-state index is -0.874. The second-order valence-electron chi connectivity index (χ2n) is 11.3. The standard InChI is InChI=1S/C32H46N4O6/c1-3-22(2)30-32(39)33-15-7-16-41-25-12-10-24(11-13-25)19-28(31(38)35-30)34-20-29(37)27(18-23-8-5-4-6-9-23)36-42-26-14-17-40-21-26/h4-6,8-13,22,26-30,34,36-37H,3,7,14-21H2,1-2H3,(H,33,39)(H,35,38)/t22?,26-,27-,28-,29+,30-/m0/s1. The molecule has 3 aliphatic rings. The van der Waals surface area contributed by atoms with Gasteiger partial charge in [-0.15, -0.1) is 0 Å². The Kier molecular flexibility index (Phi) is 12.6. The summed E-state index contributed by atoms with van der Waals surface area (Å²) in [4.78, 5) is 32.6. The highest BCUT2D eigenvalue weighted by Gasteiger charge is 2.30. The van der Waals surface area contributed by atoms with Crippen molar-refractivity contribution in [1.82, 2.24) is 21.4 Å². The van der Waals surface area contributed by atoms with Crippen LogP contribution in [0, 0.1) is 5.92 Å². The van der Waals surface area contributed by atoms with Gasteiger partial charge in [-0.1, -0.05) is 62.7 Å². The van der Waals surface area contributed by atoms with E-state index in [1.165, 1.54) is 0 Å². The van der Waals surface area contributed by atoms with Crippen molar-refractivity contribution in [2.24, 2.45) is 5.92 Å². The number of hydrogen-bond donors (Lipinski definition) is 5. The fourth-order valence-corrected chi connectivity index (χ4v) is 5.07. The largest absolute Gasteiger partial charge is 0.494 e. The van der Waals surface area contributed by atoms with E-state index in [1.807, 2.05) is 68.4 Å². The van der Waals surface area contributed by atoms with Gasteiger partial charge in [-0.25, -0.2) is 0 Å². The zero-order chi connectivity index (χ0) is 29.7. The van der Waals surface area contributed by atoms with Crippen molar-refractivity contribution in [3.05, 3.63) is 65.7 Å². The Balaban J connectivity index is 1.49. The number of benzene rings is 2. The van der Waals surface area contributed by atoms with Crippen LogP contribution >= 0.6 is 0 Å². The molecule has 2 amide bonds. The van der Waals surface area contributed by atoms with Crippen molar-refractivity contribution in [2.45, 2.75) is 76.3 Å². The predicted octanol–water partition coefficient (Wildman–Crippen LogP) is 1.90. The van der Waals surface area contributed by atoms with Gasteiger partial charge < -0.3 is 30.5 Å². The van der Waals surface area contributed by atoms with Crippen molar-refractivity contribution in [3.8, 4) is 5.75 Å². The molecule has 0 aliphatic carbocycles. The van der Waals surface area contributed by atoms with Gasteiger partial charge in [-0.05, 0) is 48.4 Å². The Morgan fingerprint density at radius 1 is 1.07 bits per heavy atom. The molecule has 3 aliphatic heterocycles. The number of nitrogens with one attached hydrogen (secondary N) is 4. The maximum absolute atomic E-state index is 13.7. The molecule has 230 valence electrons. The first-order valence-electron chi connectivity index (χ1n) is 15.2. The van der Waals surface area contributed by atoms with Crippen molar-refractivity contribution in [2.75, 3.05) is 32.9 Å². The molecule has 10 heteroatoms. The first kappa shape index (κ1) is 31.9. The van der Waals surface area contributed by atoms with Gasteiger partial charge in [0.05, 0.1) is 31.4 Å². The monoisotopic (exact) mass is 582 g/mol. The Morgan fingerprint density at radius 2 is 1.86 bits per heavy atom. The van der Waals surface area contributed by atoms with Gasteiger partial charge in [-0.3, -0.25) is 14.4 Å². The number of hydrogen-bond acceptors (Lipinski definition) is 8. The van der Waals surface area contributed by atoms with Gasteiger partial charge in [0, 0.05) is 26.1 Å². The van der Waals surface area contributed by atoms with Crippen LogP contribution in [-0.2, 0) is 32.0 Å². The molecule has 1 saturated heterocycles. The fraction of sp³-hybridized carbons (Fsp3) is 0.562. The summed E-state index contributed by atoms with van der Waals surface area (Å²) in [5.41, 5.74) is 5.07. The zero-order valence-corrected chi connectivity index (χ0v) is 24.7. The number of hydroxylamine groups is 1. The van der Waals surface area contributed by atoms with E-state index in [0.717, 1.165) is 29.7 Å². The van der Waals surface area contributed by atoms with Crippen LogP contribution < -0.4 is 26.2 Å². The fourth-order valence-electron chi connectivity index (χ4n) is 5.07. The van der Waals surface area contributed by atoms with E-state index in [0.29, 0.717) is 45.6 Å². The Bertz CT molecular complexity index is 1100. The summed E-state index contributed by atoms with van der Waals surface area (Å²) in [6, 6.07) is 15.8. The quantitative estimate of drug-likeness (QED) is 0.254. The number of fused-ring (bicyclic) bond motifs is 12. The molecular formula is C32H46N4O6. The molecule has 0 aromatic heterocycles. The summed E-state index contributed by atoms with van der Waals surface area (Å²) in [5, 5.41) is 20.6. The number of ether oxygens (including phenoxy) is 2. The first-order chi connectivity index (χ1) is 20.4. The highest BCUT2D eigenvalue weighted by molar-refractivity contribution is 5.90. The lowest BCUT2D eigenvalue weighted by atomic mass is 9.97.